The van der Waals surface area contributed by atoms with E-state index in [0.717, 1.165) is 10.0 Å². The topological polar surface area (TPSA) is 73.1 Å². The molecule has 3 rings (SSSR count). The van der Waals surface area contributed by atoms with Crippen LogP contribution < -0.4 is 15.8 Å². The van der Waals surface area contributed by atoms with E-state index in [4.69, 9.17) is 10.5 Å². The van der Waals surface area contributed by atoms with Crippen LogP contribution in [0.1, 0.15) is 25.5 Å². The number of nitrogens with two attached hydrogens (primary N) is 1. The first-order chi connectivity index (χ1) is 9.47. The Balaban J connectivity index is 2.04. The van der Waals surface area contributed by atoms with Crippen LogP contribution in [0.5, 0.6) is 5.88 Å². The lowest BCUT2D eigenvalue weighted by molar-refractivity contribution is 0.0722. The Hall–Kier alpha value is -1.82. The maximum atomic E-state index is 5.99. The molecule has 104 valence electrons. The highest BCUT2D eigenvalue weighted by Crippen LogP contribution is 2.43. The molecule has 20 heavy (non-hydrogen) atoms. The zero-order valence-corrected chi connectivity index (χ0v) is 12.8. The molecule has 0 radical (unpaired) electrons. The Kier molecular flexibility index (Phi) is 3.05. The van der Waals surface area contributed by atoms with Gasteiger partial charge in [0, 0.05) is 4.47 Å². The van der Waals surface area contributed by atoms with Crippen LogP contribution in [0.25, 0.3) is 0 Å². The van der Waals surface area contributed by atoms with Gasteiger partial charge >= 0.3 is 0 Å². The van der Waals surface area contributed by atoms with Crippen LogP contribution in [0.2, 0.25) is 0 Å². The van der Waals surface area contributed by atoms with Gasteiger partial charge in [0.2, 0.25) is 5.88 Å². The monoisotopic (exact) mass is 334 g/mol. The standard InChI is InChI=1S/C14H15BrN4O/c1-14(2)11(8-3-5-9(15)6-4-8)19-10-12(16)17-7-18-13(10)20-14/h3-7,11,19H,1-2H3,(H2,16,17,18). The molecule has 3 N–H and O–H groups in total. The summed E-state index contributed by atoms with van der Waals surface area (Å²) in [5.74, 6) is 0.892. The van der Waals surface area contributed by atoms with Crippen molar-refractivity contribution >= 4 is 27.4 Å². The van der Waals surface area contributed by atoms with Crippen molar-refractivity contribution in [1.82, 2.24) is 9.97 Å². The van der Waals surface area contributed by atoms with Gasteiger partial charge in [-0.05, 0) is 31.5 Å². The van der Waals surface area contributed by atoms with Gasteiger partial charge in [-0.1, -0.05) is 28.1 Å². The number of ether oxygens (including phenoxy) is 1. The molecule has 5 nitrogen and oxygen atoms in total. The van der Waals surface area contributed by atoms with Crippen LogP contribution in [0, 0.1) is 0 Å². The number of nitrogens with zero attached hydrogens (tertiary/aromatic N) is 2. The van der Waals surface area contributed by atoms with Crippen LogP contribution in [0.4, 0.5) is 11.5 Å². The summed E-state index contributed by atoms with van der Waals surface area (Å²) in [6, 6.07) is 8.09. The van der Waals surface area contributed by atoms with E-state index in [2.05, 4.69) is 43.3 Å². The summed E-state index contributed by atoms with van der Waals surface area (Å²) in [7, 11) is 0. The third kappa shape index (κ3) is 2.20. The van der Waals surface area contributed by atoms with Crippen molar-refractivity contribution in [3.63, 3.8) is 0 Å². The molecule has 1 aliphatic rings. The van der Waals surface area contributed by atoms with E-state index < -0.39 is 5.60 Å². The number of aromatic nitrogens is 2. The number of hydrogen-bond acceptors (Lipinski definition) is 5. The molecule has 2 aromatic rings. The van der Waals surface area contributed by atoms with Crippen LogP contribution in [-0.4, -0.2) is 15.6 Å². The number of nitrogens with one attached hydrogen (secondary N) is 1. The molecule has 1 aromatic heterocycles. The molecule has 0 bridgehead atoms. The van der Waals surface area contributed by atoms with Gasteiger partial charge in [-0.25, -0.2) is 4.98 Å². The summed E-state index contributed by atoms with van der Waals surface area (Å²) in [5.41, 5.74) is 7.22. The van der Waals surface area contributed by atoms with Crippen molar-refractivity contribution in [2.24, 2.45) is 0 Å². The van der Waals surface area contributed by atoms with Crippen molar-refractivity contribution in [3.8, 4) is 5.88 Å². The number of benzene rings is 1. The van der Waals surface area contributed by atoms with Crippen LogP contribution in [0.3, 0.4) is 0 Å². The molecular formula is C14H15BrN4O. The Bertz CT molecular complexity index is 642. The smallest absolute Gasteiger partial charge is 0.243 e. The third-order valence-corrected chi connectivity index (χ3v) is 3.92. The van der Waals surface area contributed by atoms with E-state index in [-0.39, 0.29) is 6.04 Å². The zero-order valence-electron chi connectivity index (χ0n) is 11.2. The SMILES string of the molecule is CC1(C)Oc2ncnc(N)c2NC1c1ccc(Br)cc1. The van der Waals surface area contributed by atoms with Crippen LogP contribution in [-0.2, 0) is 0 Å². The van der Waals surface area contributed by atoms with Crippen molar-refractivity contribution in [3.05, 3.63) is 40.6 Å². The summed E-state index contributed by atoms with van der Waals surface area (Å²) in [6.07, 6.45) is 1.41. The average molecular weight is 335 g/mol. The molecule has 1 unspecified atom stereocenters. The quantitative estimate of drug-likeness (QED) is 0.838. The minimum atomic E-state index is -0.443. The number of rotatable bonds is 1. The Morgan fingerprint density at radius 1 is 1.25 bits per heavy atom. The van der Waals surface area contributed by atoms with E-state index >= 15 is 0 Å². The van der Waals surface area contributed by atoms with Gasteiger partial charge in [-0.2, -0.15) is 4.98 Å². The fourth-order valence-corrected chi connectivity index (χ4v) is 2.63. The second-order valence-electron chi connectivity index (χ2n) is 5.27. The third-order valence-electron chi connectivity index (χ3n) is 3.39. The fraction of sp³-hybridized carbons (Fsp3) is 0.286. The second kappa shape index (κ2) is 4.63. The molecule has 0 saturated heterocycles. The molecule has 0 fully saturated rings. The summed E-state index contributed by atoms with van der Waals surface area (Å²) in [5, 5.41) is 3.40. The molecule has 1 atom stereocenters. The van der Waals surface area contributed by atoms with E-state index in [1.54, 1.807) is 0 Å². The number of anilines is 2. The minimum Gasteiger partial charge on any atom is -0.467 e. The molecule has 0 amide bonds. The van der Waals surface area contributed by atoms with Crippen molar-refractivity contribution in [1.29, 1.82) is 0 Å². The normalized spacial score (nSPS) is 19.6. The Morgan fingerprint density at radius 2 is 1.95 bits per heavy atom. The highest BCUT2D eigenvalue weighted by Gasteiger charge is 2.39. The van der Waals surface area contributed by atoms with E-state index in [9.17, 15) is 0 Å². The minimum absolute atomic E-state index is 0.0311. The predicted molar refractivity (Wildman–Crippen MR) is 81.7 cm³/mol. The first-order valence-corrected chi connectivity index (χ1v) is 7.08. The first-order valence-electron chi connectivity index (χ1n) is 6.29. The molecular weight excluding hydrogens is 320 g/mol. The second-order valence-corrected chi connectivity index (χ2v) is 6.19. The lowest BCUT2D eigenvalue weighted by Crippen LogP contribution is -2.44. The van der Waals surface area contributed by atoms with Gasteiger partial charge < -0.3 is 15.8 Å². The molecule has 0 spiro atoms. The van der Waals surface area contributed by atoms with Gasteiger partial charge in [0.05, 0.1) is 6.04 Å². The number of halogens is 1. The largest absolute Gasteiger partial charge is 0.467 e. The van der Waals surface area contributed by atoms with E-state index in [1.807, 2.05) is 26.0 Å². The van der Waals surface area contributed by atoms with Crippen LogP contribution in [0.15, 0.2) is 35.1 Å². The molecule has 0 saturated carbocycles. The van der Waals surface area contributed by atoms with Gasteiger partial charge in [-0.3, -0.25) is 0 Å². The number of hydrogen-bond donors (Lipinski definition) is 2. The highest BCUT2D eigenvalue weighted by atomic mass is 79.9. The molecule has 1 aliphatic heterocycles. The lowest BCUT2D eigenvalue weighted by atomic mass is 9.90. The highest BCUT2D eigenvalue weighted by molar-refractivity contribution is 9.10. The maximum absolute atomic E-state index is 5.99. The Morgan fingerprint density at radius 3 is 2.65 bits per heavy atom. The molecule has 0 aliphatic carbocycles. The van der Waals surface area contributed by atoms with E-state index in [0.29, 0.717) is 17.4 Å². The van der Waals surface area contributed by atoms with Gasteiger partial charge in [0.1, 0.15) is 17.6 Å². The summed E-state index contributed by atoms with van der Waals surface area (Å²) in [4.78, 5) is 8.13. The van der Waals surface area contributed by atoms with Gasteiger partial charge in [0.15, 0.2) is 5.82 Å². The summed E-state index contributed by atoms with van der Waals surface area (Å²) >= 11 is 3.44. The maximum Gasteiger partial charge on any atom is 0.243 e. The summed E-state index contributed by atoms with van der Waals surface area (Å²) < 4.78 is 7.03. The fourth-order valence-electron chi connectivity index (χ4n) is 2.36. The Labute approximate surface area is 125 Å². The average Bonchev–Trinajstić information content (AvgIpc) is 2.39. The van der Waals surface area contributed by atoms with Crippen LogP contribution >= 0.6 is 15.9 Å². The number of nitrogen functional groups attached to an aromatic ring is 1. The van der Waals surface area contributed by atoms with Crippen molar-refractivity contribution in [2.45, 2.75) is 25.5 Å². The van der Waals surface area contributed by atoms with Crippen molar-refractivity contribution in [2.75, 3.05) is 11.1 Å². The number of fused-ring (bicyclic) bond motifs is 1. The zero-order chi connectivity index (χ0) is 14.3. The lowest BCUT2D eigenvalue weighted by Gasteiger charge is -2.40. The first kappa shape index (κ1) is 13.2. The molecule has 6 heteroatoms. The summed E-state index contributed by atoms with van der Waals surface area (Å²) in [6.45, 7) is 4.04. The predicted octanol–water partition coefficient (Wildman–Crippen LogP) is 3.15. The molecule has 2 heterocycles. The molecule has 1 aromatic carbocycles. The van der Waals surface area contributed by atoms with E-state index in [1.165, 1.54) is 6.33 Å². The van der Waals surface area contributed by atoms with Gasteiger partial charge in [-0.15, -0.1) is 0 Å². The van der Waals surface area contributed by atoms with Gasteiger partial charge in [0.25, 0.3) is 0 Å². The van der Waals surface area contributed by atoms with Crippen molar-refractivity contribution < 1.29 is 4.74 Å².